The van der Waals surface area contributed by atoms with Gasteiger partial charge < -0.3 is 4.74 Å². The summed E-state index contributed by atoms with van der Waals surface area (Å²) >= 11 is 7.39. The van der Waals surface area contributed by atoms with Crippen LogP contribution in [-0.4, -0.2) is 18.2 Å². The van der Waals surface area contributed by atoms with E-state index in [-0.39, 0.29) is 16.7 Å². The number of hydrogen-bond donors (Lipinski definition) is 1. The number of amides is 1. The van der Waals surface area contributed by atoms with Crippen molar-refractivity contribution in [2.45, 2.75) is 85.0 Å². The van der Waals surface area contributed by atoms with Crippen LogP contribution in [0.5, 0.6) is 5.75 Å². The molecule has 0 bridgehead atoms. The molecule has 1 N–H and O–H groups in total. The predicted octanol–water partition coefficient (Wildman–Crippen LogP) is 7.48. The second kappa shape index (κ2) is 11.3. The molecule has 0 aliphatic rings. The predicted molar refractivity (Wildman–Crippen MR) is 137 cm³/mol. The Labute approximate surface area is 202 Å². The molecule has 1 heterocycles. The van der Waals surface area contributed by atoms with Crippen molar-refractivity contribution in [2.24, 2.45) is 5.10 Å². The first-order valence-corrected chi connectivity index (χ1v) is 12.6. The highest BCUT2D eigenvalue weighted by Gasteiger charge is 2.26. The molecule has 0 radical (unpaired) electrons. The summed E-state index contributed by atoms with van der Waals surface area (Å²) in [5.74, 6) is 0.793. The van der Waals surface area contributed by atoms with Crippen molar-refractivity contribution in [2.75, 3.05) is 6.61 Å². The lowest BCUT2D eigenvalue weighted by Gasteiger charge is -2.30. The number of nitrogens with zero attached hydrogens (tertiary/aromatic N) is 1. The van der Waals surface area contributed by atoms with Gasteiger partial charge in [-0.05, 0) is 60.8 Å². The lowest BCUT2D eigenvalue weighted by Crippen LogP contribution is -2.22. The summed E-state index contributed by atoms with van der Waals surface area (Å²) in [6, 6.07) is 10.3. The Morgan fingerprint density at radius 2 is 1.78 bits per heavy atom. The van der Waals surface area contributed by atoms with Crippen molar-refractivity contribution >= 4 is 34.6 Å². The lowest BCUT2D eigenvalue weighted by atomic mass is 9.76. The van der Waals surface area contributed by atoms with Crippen molar-refractivity contribution in [3.63, 3.8) is 0 Å². The molecule has 1 amide bonds. The van der Waals surface area contributed by atoms with Gasteiger partial charge in [-0.15, -0.1) is 11.3 Å². The molecule has 0 fully saturated rings. The maximum Gasteiger partial charge on any atom is 0.240 e. The van der Waals surface area contributed by atoms with Gasteiger partial charge in [0.05, 0.1) is 21.5 Å². The molecular formula is C26H37ClN2O2S. The average molecular weight is 477 g/mol. The fourth-order valence-electron chi connectivity index (χ4n) is 3.18. The van der Waals surface area contributed by atoms with E-state index in [1.54, 1.807) is 0 Å². The minimum absolute atomic E-state index is 0.0173. The summed E-state index contributed by atoms with van der Waals surface area (Å²) in [6.07, 6.45) is 3.08. The Morgan fingerprint density at radius 1 is 1.09 bits per heavy atom. The molecule has 0 spiro atoms. The first kappa shape index (κ1) is 26.4. The van der Waals surface area contributed by atoms with Crippen molar-refractivity contribution in [3.8, 4) is 5.75 Å². The quantitative estimate of drug-likeness (QED) is 0.207. The number of hydrazone groups is 1. The SMILES string of the molecule is CCC(C)(C)c1ccc(OCCCC(=O)N/N=C(\C)c2ccc(Cl)s2)c(C(C)(C)CC)c1. The number of halogens is 1. The van der Waals surface area contributed by atoms with E-state index in [2.05, 4.69) is 70.3 Å². The molecule has 176 valence electrons. The van der Waals surface area contributed by atoms with Crippen molar-refractivity contribution in [3.05, 3.63) is 50.7 Å². The first-order chi connectivity index (χ1) is 15.0. The number of carbonyl (C=O) groups is 1. The van der Waals surface area contributed by atoms with Gasteiger partial charge in [0.25, 0.3) is 0 Å². The van der Waals surface area contributed by atoms with Gasteiger partial charge in [-0.1, -0.05) is 65.3 Å². The number of thiophene rings is 1. The van der Waals surface area contributed by atoms with Crippen molar-refractivity contribution in [1.29, 1.82) is 0 Å². The van der Waals surface area contributed by atoms with Gasteiger partial charge in [0, 0.05) is 12.0 Å². The summed E-state index contributed by atoms with van der Waals surface area (Å²) in [7, 11) is 0. The third-order valence-corrected chi connectivity index (χ3v) is 7.68. The maximum atomic E-state index is 12.2. The van der Waals surface area contributed by atoms with Crippen molar-refractivity contribution < 1.29 is 9.53 Å². The van der Waals surface area contributed by atoms with Crippen LogP contribution in [0.4, 0.5) is 0 Å². The van der Waals surface area contributed by atoms with Crippen LogP contribution >= 0.6 is 22.9 Å². The van der Waals surface area contributed by atoms with Gasteiger partial charge in [-0.25, -0.2) is 5.43 Å². The Bertz CT molecular complexity index is 947. The summed E-state index contributed by atoms with van der Waals surface area (Å²) < 4.78 is 6.85. The van der Waals surface area contributed by atoms with Crippen LogP contribution in [0.15, 0.2) is 35.4 Å². The molecule has 4 nitrogen and oxygen atoms in total. The minimum Gasteiger partial charge on any atom is -0.493 e. The molecule has 1 aromatic heterocycles. The third-order valence-electron chi connectivity index (χ3n) is 6.34. The fourth-order valence-corrected chi connectivity index (χ4v) is 4.17. The highest BCUT2D eigenvalue weighted by atomic mass is 35.5. The van der Waals surface area contributed by atoms with Gasteiger partial charge >= 0.3 is 0 Å². The van der Waals surface area contributed by atoms with Gasteiger partial charge in [0.2, 0.25) is 5.91 Å². The average Bonchev–Trinajstić information content (AvgIpc) is 3.21. The standard InChI is InChI=1S/C26H37ClN2O2S/c1-8-25(4,5)19-12-13-21(20(17-19)26(6,7)9-2)31-16-10-11-24(30)29-28-18(3)22-14-15-23(27)32-22/h12-15,17H,8-11,16H2,1-7H3,(H,29,30)/b28-18+. The Balaban J connectivity index is 1.96. The molecule has 1 aromatic carbocycles. The second-order valence-electron chi connectivity index (χ2n) is 9.47. The highest BCUT2D eigenvalue weighted by molar-refractivity contribution is 7.18. The number of hydrogen-bond acceptors (Lipinski definition) is 4. The largest absolute Gasteiger partial charge is 0.493 e. The van der Waals surface area contributed by atoms with Crippen LogP contribution in [-0.2, 0) is 15.6 Å². The van der Waals surface area contributed by atoms with Crippen LogP contribution in [0.25, 0.3) is 0 Å². The van der Waals surface area contributed by atoms with Crippen LogP contribution in [0.1, 0.15) is 90.2 Å². The molecule has 32 heavy (non-hydrogen) atoms. The van der Waals surface area contributed by atoms with E-state index in [0.717, 1.165) is 29.2 Å². The molecule has 0 aliphatic heterocycles. The maximum absolute atomic E-state index is 12.2. The van der Waals surface area contributed by atoms with E-state index >= 15 is 0 Å². The number of benzene rings is 1. The summed E-state index contributed by atoms with van der Waals surface area (Å²) in [5.41, 5.74) is 6.08. The lowest BCUT2D eigenvalue weighted by molar-refractivity contribution is -0.121. The van der Waals surface area contributed by atoms with Gasteiger partial charge in [0.1, 0.15) is 5.75 Å². The first-order valence-electron chi connectivity index (χ1n) is 11.4. The zero-order valence-corrected chi connectivity index (χ0v) is 22.0. The zero-order valence-electron chi connectivity index (χ0n) is 20.5. The van der Waals surface area contributed by atoms with E-state index in [1.807, 2.05) is 19.1 Å². The Kier molecular flexibility index (Phi) is 9.35. The van der Waals surface area contributed by atoms with Crippen LogP contribution in [0.2, 0.25) is 4.34 Å². The molecule has 0 atom stereocenters. The second-order valence-corrected chi connectivity index (χ2v) is 11.2. The number of carbonyl (C=O) groups excluding carboxylic acids is 1. The van der Waals surface area contributed by atoms with E-state index in [9.17, 15) is 4.79 Å². The smallest absolute Gasteiger partial charge is 0.240 e. The molecular weight excluding hydrogens is 440 g/mol. The van der Waals surface area contributed by atoms with Gasteiger partial charge in [-0.2, -0.15) is 5.10 Å². The molecule has 2 aromatic rings. The minimum atomic E-state index is -0.121. The highest BCUT2D eigenvalue weighted by Crippen LogP contribution is 2.38. The zero-order chi connectivity index (χ0) is 23.9. The van der Waals surface area contributed by atoms with E-state index in [1.165, 1.54) is 22.5 Å². The molecule has 6 heteroatoms. The molecule has 0 aliphatic carbocycles. The molecule has 0 unspecified atom stereocenters. The molecule has 2 rings (SSSR count). The summed E-state index contributed by atoms with van der Waals surface area (Å²) in [5, 5.41) is 4.17. The topological polar surface area (TPSA) is 50.7 Å². The number of nitrogens with one attached hydrogen (secondary N) is 1. The Hall–Kier alpha value is -1.85. The van der Waals surface area contributed by atoms with E-state index in [0.29, 0.717) is 23.8 Å². The monoisotopic (exact) mass is 476 g/mol. The molecule has 0 saturated carbocycles. The Morgan fingerprint density at radius 3 is 2.38 bits per heavy atom. The van der Waals surface area contributed by atoms with E-state index in [4.69, 9.17) is 16.3 Å². The van der Waals surface area contributed by atoms with Crippen LogP contribution in [0.3, 0.4) is 0 Å². The van der Waals surface area contributed by atoms with Crippen molar-refractivity contribution in [1.82, 2.24) is 5.43 Å². The number of rotatable bonds is 11. The summed E-state index contributed by atoms with van der Waals surface area (Å²) in [4.78, 5) is 13.1. The van der Waals surface area contributed by atoms with Crippen LogP contribution < -0.4 is 10.2 Å². The normalized spacial score (nSPS) is 12.7. The van der Waals surface area contributed by atoms with E-state index < -0.39 is 0 Å². The van der Waals surface area contributed by atoms with Gasteiger partial charge in [0.15, 0.2) is 0 Å². The molecule has 0 saturated heterocycles. The fraction of sp³-hybridized carbons (Fsp3) is 0.538. The third kappa shape index (κ3) is 7.08. The summed E-state index contributed by atoms with van der Waals surface area (Å²) in [6.45, 7) is 15.8. The van der Waals surface area contributed by atoms with Crippen LogP contribution in [0, 0.1) is 0 Å². The van der Waals surface area contributed by atoms with Gasteiger partial charge in [-0.3, -0.25) is 4.79 Å². The number of ether oxygens (including phenoxy) is 1.